The van der Waals surface area contributed by atoms with Crippen molar-refractivity contribution in [3.05, 3.63) is 58.7 Å². The SMILES string of the molecule is CCC(CC(F)(F)CC)c1nnc(-c2cc3c(cc2F)SC[C@H](N)C(=O)N3Cc2ccc(Cl)cc2)o1. The number of nitrogens with zero attached hydrogens (tertiary/aromatic N) is 3. The van der Waals surface area contributed by atoms with Gasteiger partial charge in [-0.15, -0.1) is 22.0 Å². The van der Waals surface area contributed by atoms with Crippen LogP contribution < -0.4 is 10.6 Å². The fourth-order valence-electron chi connectivity index (χ4n) is 3.96. The molecule has 192 valence electrons. The van der Waals surface area contributed by atoms with E-state index >= 15 is 4.39 Å². The van der Waals surface area contributed by atoms with Crippen LogP contribution in [0.1, 0.15) is 50.5 Å². The molecule has 6 nitrogen and oxygen atoms in total. The quantitative estimate of drug-likeness (QED) is 0.356. The smallest absolute Gasteiger partial charge is 0.250 e. The summed E-state index contributed by atoms with van der Waals surface area (Å²) in [6.07, 6.45) is -0.380. The maximum absolute atomic E-state index is 15.2. The van der Waals surface area contributed by atoms with Gasteiger partial charge in [-0.2, -0.15) is 0 Å². The maximum atomic E-state index is 15.2. The average molecular weight is 539 g/mol. The van der Waals surface area contributed by atoms with Crippen LogP contribution in [0.5, 0.6) is 0 Å². The van der Waals surface area contributed by atoms with Gasteiger partial charge in [-0.25, -0.2) is 13.2 Å². The van der Waals surface area contributed by atoms with Crippen molar-refractivity contribution in [3.63, 3.8) is 0 Å². The van der Waals surface area contributed by atoms with E-state index in [9.17, 15) is 13.6 Å². The van der Waals surface area contributed by atoms with Crippen molar-refractivity contribution in [2.45, 2.75) is 62.4 Å². The fourth-order valence-corrected chi connectivity index (χ4v) is 5.09. The van der Waals surface area contributed by atoms with E-state index in [-0.39, 0.29) is 42.0 Å². The normalized spacial score (nSPS) is 17.1. The summed E-state index contributed by atoms with van der Waals surface area (Å²) in [6, 6.07) is 9.04. The Morgan fingerprint density at radius 3 is 2.64 bits per heavy atom. The molecule has 0 radical (unpaired) electrons. The first kappa shape index (κ1) is 26.5. The zero-order valence-electron chi connectivity index (χ0n) is 19.8. The topological polar surface area (TPSA) is 85.2 Å². The minimum absolute atomic E-state index is 0.0189. The molecule has 3 aromatic rings. The molecular formula is C25H26ClF3N4O2S. The molecule has 2 heterocycles. The first-order chi connectivity index (χ1) is 17.1. The van der Waals surface area contributed by atoms with E-state index in [4.69, 9.17) is 21.8 Å². The average Bonchev–Trinajstić information content (AvgIpc) is 3.31. The predicted octanol–water partition coefficient (Wildman–Crippen LogP) is 6.42. The molecule has 11 heteroatoms. The first-order valence-corrected chi connectivity index (χ1v) is 13.0. The summed E-state index contributed by atoms with van der Waals surface area (Å²) in [5, 5.41) is 8.45. The third-order valence-electron chi connectivity index (χ3n) is 6.17. The Balaban J connectivity index is 1.71. The number of thioether (sulfide) groups is 1. The van der Waals surface area contributed by atoms with Crippen LogP contribution in [-0.4, -0.2) is 33.8 Å². The van der Waals surface area contributed by atoms with Gasteiger partial charge in [0, 0.05) is 34.4 Å². The number of halogens is 4. The highest BCUT2D eigenvalue weighted by atomic mass is 35.5. The largest absolute Gasteiger partial charge is 0.420 e. The van der Waals surface area contributed by atoms with Crippen LogP contribution in [0.4, 0.5) is 18.9 Å². The number of amides is 1. The monoisotopic (exact) mass is 538 g/mol. The van der Waals surface area contributed by atoms with E-state index < -0.39 is 30.1 Å². The fraction of sp³-hybridized carbons (Fsp3) is 0.400. The van der Waals surface area contributed by atoms with Gasteiger partial charge in [-0.05, 0) is 36.2 Å². The van der Waals surface area contributed by atoms with Gasteiger partial charge >= 0.3 is 0 Å². The maximum Gasteiger partial charge on any atom is 0.250 e. The zero-order valence-corrected chi connectivity index (χ0v) is 21.4. The molecule has 36 heavy (non-hydrogen) atoms. The van der Waals surface area contributed by atoms with Crippen molar-refractivity contribution in [1.29, 1.82) is 0 Å². The Kier molecular flexibility index (Phi) is 7.96. The Morgan fingerprint density at radius 2 is 1.97 bits per heavy atom. The van der Waals surface area contributed by atoms with Crippen molar-refractivity contribution in [2.75, 3.05) is 10.7 Å². The molecule has 0 aliphatic carbocycles. The van der Waals surface area contributed by atoms with E-state index in [2.05, 4.69) is 10.2 Å². The van der Waals surface area contributed by atoms with Gasteiger partial charge < -0.3 is 15.1 Å². The number of alkyl halides is 2. The molecule has 1 aliphatic heterocycles. The van der Waals surface area contributed by atoms with Gasteiger partial charge in [-0.1, -0.05) is 37.6 Å². The number of hydrogen-bond acceptors (Lipinski definition) is 6. The van der Waals surface area contributed by atoms with E-state index in [0.717, 1.165) is 5.56 Å². The second kappa shape index (κ2) is 10.8. The minimum atomic E-state index is -2.87. The number of rotatable bonds is 8. The summed E-state index contributed by atoms with van der Waals surface area (Å²) in [6.45, 7) is 3.36. The molecule has 1 amide bonds. The van der Waals surface area contributed by atoms with Crippen LogP contribution in [0.2, 0.25) is 5.02 Å². The van der Waals surface area contributed by atoms with Gasteiger partial charge in [0.2, 0.25) is 17.7 Å². The molecular weight excluding hydrogens is 513 g/mol. The number of anilines is 1. The summed E-state index contributed by atoms with van der Waals surface area (Å²) in [4.78, 5) is 15.2. The van der Waals surface area contributed by atoms with E-state index in [1.807, 2.05) is 0 Å². The molecule has 0 saturated heterocycles. The Morgan fingerprint density at radius 1 is 1.25 bits per heavy atom. The standard InChI is InChI=1S/C25H26ClF3N4O2S/c1-3-15(11-25(28,29)4-2)22-31-32-23(35-22)17-9-20-21(10-18(17)27)36-13-19(30)24(34)33(20)12-14-5-7-16(26)8-6-14/h5-10,15,19H,3-4,11-13,30H2,1-2H3/t15?,19-/m0/s1. The van der Waals surface area contributed by atoms with Crippen LogP contribution in [0, 0.1) is 5.82 Å². The lowest BCUT2D eigenvalue weighted by atomic mass is 9.97. The van der Waals surface area contributed by atoms with Crippen LogP contribution in [-0.2, 0) is 11.3 Å². The summed E-state index contributed by atoms with van der Waals surface area (Å²) < 4.78 is 48.9. The number of carbonyl (C=O) groups excluding carboxylic acids is 1. The molecule has 2 N–H and O–H groups in total. The van der Waals surface area contributed by atoms with Crippen molar-refractivity contribution in [2.24, 2.45) is 5.73 Å². The second-order valence-electron chi connectivity index (χ2n) is 8.73. The molecule has 0 bridgehead atoms. The number of benzene rings is 2. The summed E-state index contributed by atoms with van der Waals surface area (Å²) in [5.74, 6) is -4.30. The molecule has 2 atom stereocenters. The summed E-state index contributed by atoms with van der Waals surface area (Å²) >= 11 is 7.27. The molecule has 1 unspecified atom stereocenters. The Hall–Kier alpha value is -2.56. The zero-order chi connectivity index (χ0) is 26.0. The summed E-state index contributed by atoms with van der Waals surface area (Å²) in [5.41, 5.74) is 7.34. The lowest BCUT2D eigenvalue weighted by Gasteiger charge is -2.25. The van der Waals surface area contributed by atoms with Gasteiger partial charge in [0.15, 0.2) is 0 Å². The van der Waals surface area contributed by atoms with Crippen LogP contribution >= 0.6 is 23.4 Å². The molecule has 1 aliphatic rings. The number of fused-ring (bicyclic) bond motifs is 1. The Bertz CT molecular complexity index is 1240. The molecule has 0 saturated carbocycles. The van der Waals surface area contributed by atoms with Gasteiger partial charge in [0.05, 0.1) is 23.8 Å². The molecule has 2 aromatic carbocycles. The summed E-state index contributed by atoms with van der Waals surface area (Å²) in [7, 11) is 0. The van der Waals surface area contributed by atoms with Gasteiger partial charge in [0.25, 0.3) is 5.89 Å². The van der Waals surface area contributed by atoms with Crippen molar-refractivity contribution >= 4 is 35.0 Å². The van der Waals surface area contributed by atoms with Crippen molar-refractivity contribution < 1.29 is 22.4 Å². The predicted molar refractivity (Wildman–Crippen MR) is 134 cm³/mol. The van der Waals surface area contributed by atoms with Crippen molar-refractivity contribution in [3.8, 4) is 11.5 Å². The molecule has 0 spiro atoms. The van der Waals surface area contributed by atoms with Gasteiger partial charge in [0.1, 0.15) is 5.82 Å². The molecule has 4 rings (SSSR count). The third-order valence-corrected chi connectivity index (χ3v) is 7.59. The van der Waals surface area contributed by atoms with Crippen LogP contribution in [0.15, 0.2) is 45.7 Å². The highest BCUT2D eigenvalue weighted by molar-refractivity contribution is 7.99. The molecule has 1 aromatic heterocycles. The molecule has 0 fully saturated rings. The van der Waals surface area contributed by atoms with Gasteiger partial charge in [-0.3, -0.25) is 4.79 Å². The number of nitrogens with two attached hydrogens (primary N) is 1. The van der Waals surface area contributed by atoms with Crippen LogP contribution in [0.25, 0.3) is 11.5 Å². The number of hydrogen-bond donors (Lipinski definition) is 1. The van der Waals surface area contributed by atoms with E-state index in [1.165, 1.54) is 35.7 Å². The number of aromatic nitrogens is 2. The van der Waals surface area contributed by atoms with Crippen LogP contribution in [0.3, 0.4) is 0 Å². The van der Waals surface area contributed by atoms with E-state index in [0.29, 0.717) is 22.0 Å². The third kappa shape index (κ3) is 5.71. The lowest BCUT2D eigenvalue weighted by molar-refractivity contribution is -0.119. The lowest BCUT2D eigenvalue weighted by Crippen LogP contribution is -2.44. The first-order valence-electron chi connectivity index (χ1n) is 11.6. The highest BCUT2D eigenvalue weighted by Crippen LogP contribution is 2.40. The van der Waals surface area contributed by atoms with E-state index in [1.54, 1.807) is 31.2 Å². The Labute approximate surface area is 216 Å². The highest BCUT2D eigenvalue weighted by Gasteiger charge is 2.34. The van der Waals surface area contributed by atoms with Crippen molar-refractivity contribution in [1.82, 2.24) is 10.2 Å². The second-order valence-corrected chi connectivity index (χ2v) is 10.2. The number of carbonyl (C=O) groups is 1. The minimum Gasteiger partial charge on any atom is -0.420 e.